The molecule has 1 aromatic heterocycles. The van der Waals surface area contributed by atoms with Gasteiger partial charge in [-0.25, -0.2) is 4.39 Å². The van der Waals surface area contributed by atoms with Crippen LogP contribution in [0.3, 0.4) is 0 Å². The number of halogens is 1. The molecule has 0 saturated carbocycles. The lowest BCUT2D eigenvalue weighted by Crippen LogP contribution is -2.41. The highest BCUT2D eigenvalue weighted by molar-refractivity contribution is 6.62. The van der Waals surface area contributed by atoms with Gasteiger partial charge in [0.2, 0.25) is 0 Å². The van der Waals surface area contributed by atoms with Gasteiger partial charge in [-0.05, 0) is 51.8 Å². The zero-order valence-corrected chi connectivity index (χ0v) is 14.9. The van der Waals surface area contributed by atoms with Crippen LogP contribution in [-0.4, -0.2) is 28.1 Å². The molecular formula is C18H24BFN2O2. The molecule has 1 atom stereocenters. The maximum absolute atomic E-state index is 13.2. The Hall–Kier alpha value is -1.66. The molecule has 0 N–H and O–H groups in total. The van der Waals surface area contributed by atoms with E-state index < -0.39 is 7.12 Å². The zero-order chi connectivity index (χ0) is 17.5. The lowest BCUT2D eigenvalue weighted by molar-refractivity contribution is 0.00578. The Kier molecular flexibility index (Phi) is 4.30. The largest absolute Gasteiger partial charge is 0.498 e. The molecule has 24 heavy (non-hydrogen) atoms. The summed E-state index contributed by atoms with van der Waals surface area (Å²) in [5.74, 6) is -0.230. The smallest absolute Gasteiger partial charge is 0.399 e. The van der Waals surface area contributed by atoms with Crippen molar-refractivity contribution in [2.24, 2.45) is 0 Å². The summed E-state index contributed by atoms with van der Waals surface area (Å²) in [6.07, 6.45) is 4.60. The molecule has 4 nitrogen and oxygen atoms in total. The van der Waals surface area contributed by atoms with Crippen molar-refractivity contribution >= 4 is 12.6 Å². The van der Waals surface area contributed by atoms with Gasteiger partial charge in [-0.1, -0.05) is 19.1 Å². The first-order chi connectivity index (χ1) is 11.2. The van der Waals surface area contributed by atoms with E-state index in [1.165, 1.54) is 12.1 Å². The molecule has 0 radical (unpaired) electrons. The molecule has 0 bridgehead atoms. The first-order valence-electron chi connectivity index (χ1n) is 8.38. The van der Waals surface area contributed by atoms with Crippen LogP contribution in [0.15, 0.2) is 36.7 Å². The molecular weight excluding hydrogens is 306 g/mol. The summed E-state index contributed by atoms with van der Waals surface area (Å²) in [6.45, 7) is 10.2. The number of aromatic nitrogens is 2. The summed E-state index contributed by atoms with van der Waals surface area (Å²) in [5, 5.41) is 4.49. The summed E-state index contributed by atoms with van der Waals surface area (Å²) in [5.41, 5.74) is 1.18. The van der Waals surface area contributed by atoms with Crippen molar-refractivity contribution in [1.82, 2.24) is 9.78 Å². The molecule has 1 aliphatic rings. The average molecular weight is 330 g/mol. The highest BCUT2D eigenvalue weighted by Gasteiger charge is 2.52. The molecule has 128 valence electrons. The van der Waals surface area contributed by atoms with Crippen LogP contribution in [0.2, 0.25) is 0 Å². The topological polar surface area (TPSA) is 36.3 Å². The van der Waals surface area contributed by atoms with E-state index in [1.54, 1.807) is 18.3 Å². The first kappa shape index (κ1) is 17.2. The molecule has 6 heteroatoms. The van der Waals surface area contributed by atoms with E-state index >= 15 is 0 Å². The molecule has 2 heterocycles. The summed E-state index contributed by atoms with van der Waals surface area (Å²) in [4.78, 5) is 0. The Morgan fingerprint density at radius 2 is 1.71 bits per heavy atom. The van der Waals surface area contributed by atoms with Crippen molar-refractivity contribution in [3.63, 3.8) is 0 Å². The van der Waals surface area contributed by atoms with Crippen molar-refractivity contribution in [3.05, 3.63) is 48.0 Å². The van der Waals surface area contributed by atoms with Crippen molar-refractivity contribution in [2.75, 3.05) is 0 Å². The van der Waals surface area contributed by atoms with Crippen LogP contribution in [0.25, 0.3) is 0 Å². The second-order valence-corrected chi connectivity index (χ2v) is 7.32. The number of hydrogen-bond donors (Lipinski definition) is 0. The Bertz CT molecular complexity index is 696. The standard InChI is InChI=1S/C18H24BFN2O2/c1-6-16(13-7-9-15(20)10-8-13)22-12-14(11-21-22)19-23-17(2,3)18(4,5)24-19/h7-12,16H,6H2,1-5H3/t16-/m1/s1. The third-order valence-electron chi connectivity index (χ3n) is 5.11. The SMILES string of the molecule is CC[C@H](c1ccc(F)cc1)n1cc(B2OC(C)(C)C(C)(C)O2)cn1. The highest BCUT2D eigenvalue weighted by atomic mass is 19.1. The van der Waals surface area contributed by atoms with Crippen LogP contribution in [0.1, 0.15) is 52.6 Å². The van der Waals surface area contributed by atoms with Gasteiger partial charge in [0.05, 0.1) is 17.2 Å². The maximum Gasteiger partial charge on any atom is 0.498 e. The third kappa shape index (κ3) is 3.00. The summed E-state index contributed by atoms with van der Waals surface area (Å²) in [6, 6.07) is 6.63. The van der Waals surface area contributed by atoms with Gasteiger partial charge in [0, 0.05) is 17.9 Å². The molecule has 1 saturated heterocycles. The molecule has 1 fully saturated rings. The maximum atomic E-state index is 13.2. The molecule has 0 amide bonds. The van der Waals surface area contributed by atoms with Crippen LogP contribution >= 0.6 is 0 Å². The Balaban J connectivity index is 1.84. The minimum atomic E-state index is -0.422. The highest BCUT2D eigenvalue weighted by Crippen LogP contribution is 2.36. The predicted octanol–water partition coefficient (Wildman–Crippen LogP) is 3.32. The van der Waals surface area contributed by atoms with Gasteiger partial charge in [-0.2, -0.15) is 5.10 Å². The molecule has 1 aliphatic heterocycles. The minimum absolute atomic E-state index is 0.0572. The lowest BCUT2D eigenvalue weighted by atomic mass is 9.82. The van der Waals surface area contributed by atoms with Gasteiger partial charge in [0.1, 0.15) is 5.82 Å². The van der Waals surface area contributed by atoms with Crippen molar-refractivity contribution in [3.8, 4) is 0 Å². The van der Waals surface area contributed by atoms with E-state index in [0.29, 0.717) is 0 Å². The third-order valence-corrected chi connectivity index (χ3v) is 5.11. The van der Waals surface area contributed by atoms with E-state index in [2.05, 4.69) is 12.0 Å². The second-order valence-electron chi connectivity index (χ2n) is 7.32. The zero-order valence-electron chi connectivity index (χ0n) is 14.9. The molecule has 3 rings (SSSR count). The summed E-state index contributed by atoms with van der Waals surface area (Å²) < 4.78 is 27.2. The quantitative estimate of drug-likeness (QED) is 0.807. The fourth-order valence-corrected chi connectivity index (χ4v) is 2.88. The summed E-state index contributed by atoms with van der Waals surface area (Å²) in [7, 11) is -0.422. The normalized spacial score (nSPS) is 20.3. The van der Waals surface area contributed by atoms with E-state index in [0.717, 1.165) is 17.4 Å². The van der Waals surface area contributed by atoms with Crippen LogP contribution in [0, 0.1) is 5.82 Å². The summed E-state index contributed by atoms with van der Waals surface area (Å²) >= 11 is 0. The second kappa shape index (κ2) is 6.01. The number of nitrogens with zero attached hydrogens (tertiary/aromatic N) is 2. The Morgan fingerprint density at radius 3 is 2.25 bits per heavy atom. The Labute approximate surface area is 143 Å². The van der Waals surface area contributed by atoms with E-state index in [4.69, 9.17) is 9.31 Å². The van der Waals surface area contributed by atoms with E-state index in [1.807, 2.05) is 38.6 Å². The molecule has 1 aromatic carbocycles. The fourth-order valence-electron chi connectivity index (χ4n) is 2.88. The minimum Gasteiger partial charge on any atom is -0.399 e. The van der Waals surface area contributed by atoms with Crippen molar-refractivity contribution in [1.29, 1.82) is 0 Å². The first-order valence-corrected chi connectivity index (χ1v) is 8.38. The number of rotatable bonds is 4. The molecule has 2 aromatic rings. The number of benzene rings is 1. The van der Waals surface area contributed by atoms with Gasteiger partial charge in [-0.15, -0.1) is 0 Å². The van der Waals surface area contributed by atoms with Crippen LogP contribution in [-0.2, 0) is 9.31 Å². The fraction of sp³-hybridized carbons (Fsp3) is 0.500. The van der Waals surface area contributed by atoms with Gasteiger partial charge >= 0.3 is 7.12 Å². The van der Waals surface area contributed by atoms with Crippen molar-refractivity contribution < 1.29 is 13.7 Å². The van der Waals surface area contributed by atoms with E-state index in [9.17, 15) is 4.39 Å². The monoisotopic (exact) mass is 330 g/mol. The van der Waals surface area contributed by atoms with Crippen LogP contribution < -0.4 is 5.46 Å². The molecule has 0 unspecified atom stereocenters. The van der Waals surface area contributed by atoms with Gasteiger partial charge in [0.25, 0.3) is 0 Å². The van der Waals surface area contributed by atoms with Crippen LogP contribution in [0.5, 0.6) is 0 Å². The predicted molar refractivity (Wildman–Crippen MR) is 92.8 cm³/mol. The lowest BCUT2D eigenvalue weighted by Gasteiger charge is -2.32. The van der Waals surface area contributed by atoms with Gasteiger partial charge in [0.15, 0.2) is 0 Å². The Morgan fingerprint density at radius 1 is 1.12 bits per heavy atom. The van der Waals surface area contributed by atoms with Gasteiger partial charge < -0.3 is 9.31 Å². The molecule has 0 aliphatic carbocycles. The van der Waals surface area contributed by atoms with Gasteiger partial charge in [-0.3, -0.25) is 4.68 Å². The number of hydrogen-bond acceptors (Lipinski definition) is 3. The van der Waals surface area contributed by atoms with Crippen LogP contribution in [0.4, 0.5) is 4.39 Å². The van der Waals surface area contributed by atoms with E-state index in [-0.39, 0.29) is 23.1 Å². The van der Waals surface area contributed by atoms with Crippen molar-refractivity contribution in [2.45, 2.75) is 58.3 Å². The molecule has 0 spiro atoms. The average Bonchev–Trinajstić information content (AvgIpc) is 3.05.